The Morgan fingerprint density at radius 2 is 2.09 bits per heavy atom. The molecule has 0 bridgehead atoms. The van der Waals surface area contributed by atoms with Gasteiger partial charge in [0.1, 0.15) is 0 Å². The molecule has 0 heterocycles. The molecular weight excluding hydrogens is 270 g/mol. The molecule has 1 saturated carbocycles. The van der Waals surface area contributed by atoms with Crippen LogP contribution < -0.4 is 0 Å². The predicted octanol–water partition coefficient (Wildman–Crippen LogP) is 3.82. The molecule has 0 atom stereocenters. The monoisotopic (exact) mass is 278 g/mol. The van der Waals surface area contributed by atoms with Crippen LogP contribution in [0.4, 0.5) is 0 Å². The van der Waals surface area contributed by atoms with Crippen molar-refractivity contribution in [2.75, 3.05) is 0 Å². The maximum Gasteiger partial charge on any atom is 0.0441 e. The van der Waals surface area contributed by atoms with Crippen LogP contribution >= 0.6 is 34.2 Å². The second-order valence-corrected chi connectivity index (χ2v) is 4.59. The summed E-state index contributed by atoms with van der Waals surface area (Å²) in [6.07, 6.45) is 2.64. The van der Waals surface area contributed by atoms with Crippen LogP contribution in [-0.2, 0) is 0 Å². The Balaban J connectivity index is 2.42. The zero-order chi connectivity index (χ0) is 7.84. The average molecular weight is 279 g/mol. The van der Waals surface area contributed by atoms with Gasteiger partial charge in [0.2, 0.25) is 0 Å². The van der Waals surface area contributed by atoms with Gasteiger partial charge in [0, 0.05) is 8.59 Å². The number of rotatable bonds is 1. The zero-order valence-electron chi connectivity index (χ0n) is 5.98. The van der Waals surface area contributed by atoms with Crippen molar-refractivity contribution < 1.29 is 0 Å². The van der Waals surface area contributed by atoms with E-state index in [2.05, 4.69) is 34.7 Å². The van der Waals surface area contributed by atoms with E-state index < -0.39 is 0 Å². The highest BCUT2D eigenvalue weighted by atomic mass is 127. The van der Waals surface area contributed by atoms with E-state index in [0.717, 1.165) is 10.9 Å². The molecule has 0 unspecified atom stereocenters. The molecule has 11 heavy (non-hydrogen) atoms. The minimum atomic E-state index is 0.761. The van der Waals surface area contributed by atoms with Crippen molar-refractivity contribution in [2.24, 2.45) is 0 Å². The van der Waals surface area contributed by atoms with Crippen molar-refractivity contribution in [3.05, 3.63) is 32.4 Å². The molecule has 2 rings (SSSR count). The highest BCUT2D eigenvalue weighted by Gasteiger charge is 2.25. The summed E-state index contributed by atoms with van der Waals surface area (Å²) in [6.45, 7) is 0. The topological polar surface area (TPSA) is 0 Å². The van der Waals surface area contributed by atoms with Crippen LogP contribution in [0, 0.1) is 3.57 Å². The molecule has 0 spiro atoms. The summed E-state index contributed by atoms with van der Waals surface area (Å²) in [5.41, 5.74) is 1.35. The molecule has 2 heteroatoms. The largest absolute Gasteiger partial charge is 0.0840 e. The van der Waals surface area contributed by atoms with Gasteiger partial charge < -0.3 is 0 Å². The quantitative estimate of drug-likeness (QED) is 0.685. The van der Waals surface area contributed by atoms with Gasteiger partial charge in [-0.1, -0.05) is 11.6 Å². The Hall–Kier alpha value is 0.240. The number of hydrogen-bond donors (Lipinski definition) is 0. The molecule has 58 valence electrons. The molecule has 0 N–H and O–H groups in total. The molecule has 1 fully saturated rings. The van der Waals surface area contributed by atoms with Crippen LogP contribution in [0.15, 0.2) is 18.2 Å². The van der Waals surface area contributed by atoms with E-state index in [1.807, 2.05) is 6.07 Å². The second-order valence-electron chi connectivity index (χ2n) is 2.94. The zero-order valence-corrected chi connectivity index (χ0v) is 8.89. The van der Waals surface area contributed by atoms with E-state index in [9.17, 15) is 0 Å². The fraction of sp³-hybridized carbons (Fsp3) is 0.333. The van der Waals surface area contributed by atoms with Crippen molar-refractivity contribution in [3.63, 3.8) is 0 Å². The molecule has 0 nitrogen and oxygen atoms in total. The Morgan fingerprint density at radius 3 is 2.73 bits per heavy atom. The normalized spacial score (nSPS) is 16.9. The molecule has 1 aliphatic carbocycles. The summed E-state index contributed by atoms with van der Waals surface area (Å²) in [5, 5.41) is 0.938. The van der Waals surface area contributed by atoms with Crippen LogP contribution in [-0.4, -0.2) is 0 Å². The van der Waals surface area contributed by atoms with Gasteiger partial charge in [-0.15, -0.1) is 0 Å². The minimum absolute atomic E-state index is 0.761. The van der Waals surface area contributed by atoms with Crippen molar-refractivity contribution in [1.29, 1.82) is 0 Å². The smallest absolute Gasteiger partial charge is 0.0441 e. The van der Waals surface area contributed by atoms with Gasteiger partial charge in [-0.2, -0.15) is 0 Å². The Labute approximate surface area is 85.1 Å². The van der Waals surface area contributed by atoms with Gasteiger partial charge in [-0.25, -0.2) is 0 Å². The van der Waals surface area contributed by atoms with Gasteiger partial charge >= 0.3 is 0 Å². The average Bonchev–Trinajstić information content (AvgIpc) is 2.76. The van der Waals surface area contributed by atoms with Crippen LogP contribution in [0.25, 0.3) is 0 Å². The molecular formula is C9H8ClI. The van der Waals surface area contributed by atoms with Crippen molar-refractivity contribution in [1.82, 2.24) is 0 Å². The fourth-order valence-corrected chi connectivity index (χ4v) is 2.01. The molecule has 0 saturated heterocycles. The van der Waals surface area contributed by atoms with Gasteiger partial charge in [0.15, 0.2) is 0 Å². The van der Waals surface area contributed by atoms with Crippen molar-refractivity contribution in [3.8, 4) is 0 Å². The SMILES string of the molecule is Clc1ccc(I)cc1C1CC1. The Morgan fingerprint density at radius 1 is 1.36 bits per heavy atom. The summed E-state index contributed by atoms with van der Waals surface area (Å²) in [7, 11) is 0. The van der Waals surface area contributed by atoms with E-state index in [1.54, 1.807) is 0 Å². The van der Waals surface area contributed by atoms with Gasteiger partial charge in [-0.3, -0.25) is 0 Å². The molecule has 1 aromatic rings. The van der Waals surface area contributed by atoms with Gasteiger partial charge in [0.05, 0.1) is 0 Å². The summed E-state index contributed by atoms with van der Waals surface area (Å²) in [6, 6.07) is 6.24. The lowest BCUT2D eigenvalue weighted by molar-refractivity contribution is 1.13. The predicted molar refractivity (Wildman–Crippen MR) is 56.1 cm³/mol. The molecule has 1 aliphatic rings. The number of benzene rings is 1. The first-order valence-corrected chi connectivity index (χ1v) is 5.18. The van der Waals surface area contributed by atoms with Crippen molar-refractivity contribution >= 4 is 34.2 Å². The van der Waals surface area contributed by atoms with E-state index in [-0.39, 0.29) is 0 Å². The van der Waals surface area contributed by atoms with Crippen LogP contribution in [0.3, 0.4) is 0 Å². The molecule has 0 radical (unpaired) electrons. The maximum atomic E-state index is 6.03. The van der Waals surface area contributed by atoms with Crippen molar-refractivity contribution in [2.45, 2.75) is 18.8 Å². The Kier molecular flexibility index (Phi) is 2.10. The Bertz CT molecular complexity index is 279. The van der Waals surface area contributed by atoms with Gasteiger partial charge in [-0.05, 0) is 65.1 Å². The lowest BCUT2D eigenvalue weighted by atomic mass is 10.1. The first-order valence-electron chi connectivity index (χ1n) is 3.72. The highest BCUT2D eigenvalue weighted by molar-refractivity contribution is 14.1. The highest BCUT2D eigenvalue weighted by Crippen LogP contribution is 2.43. The number of halogens is 2. The van der Waals surface area contributed by atoms with Crippen LogP contribution in [0.1, 0.15) is 24.3 Å². The van der Waals surface area contributed by atoms with Gasteiger partial charge in [0.25, 0.3) is 0 Å². The molecule has 0 aliphatic heterocycles. The lowest BCUT2D eigenvalue weighted by Crippen LogP contribution is -1.82. The first kappa shape index (κ1) is 7.87. The third kappa shape index (κ3) is 1.70. The molecule has 0 amide bonds. The summed E-state index contributed by atoms with van der Waals surface area (Å²) >= 11 is 8.35. The minimum Gasteiger partial charge on any atom is -0.0840 e. The second kappa shape index (κ2) is 2.94. The molecule has 1 aromatic carbocycles. The van der Waals surface area contributed by atoms with E-state index >= 15 is 0 Å². The number of hydrogen-bond acceptors (Lipinski definition) is 0. The summed E-state index contributed by atoms with van der Waals surface area (Å²) in [5.74, 6) is 0.761. The molecule has 0 aromatic heterocycles. The fourth-order valence-electron chi connectivity index (χ4n) is 1.22. The maximum absolute atomic E-state index is 6.03. The van der Waals surface area contributed by atoms with E-state index in [4.69, 9.17) is 11.6 Å². The lowest BCUT2D eigenvalue weighted by Gasteiger charge is -2.01. The summed E-state index contributed by atoms with van der Waals surface area (Å²) < 4.78 is 1.29. The van der Waals surface area contributed by atoms with E-state index in [1.165, 1.54) is 22.0 Å². The third-order valence-electron chi connectivity index (χ3n) is 1.98. The summed E-state index contributed by atoms with van der Waals surface area (Å²) in [4.78, 5) is 0. The first-order chi connectivity index (χ1) is 5.27. The van der Waals surface area contributed by atoms with Crippen LogP contribution in [0.5, 0.6) is 0 Å². The van der Waals surface area contributed by atoms with Crippen LogP contribution in [0.2, 0.25) is 5.02 Å². The standard InChI is InChI=1S/C9H8ClI/c10-9-4-3-7(11)5-8(9)6-1-2-6/h3-6H,1-2H2. The van der Waals surface area contributed by atoms with E-state index in [0.29, 0.717) is 0 Å². The third-order valence-corrected chi connectivity index (χ3v) is 2.99.